The summed E-state index contributed by atoms with van der Waals surface area (Å²) in [6.45, 7) is 2.05. The first-order valence-corrected chi connectivity index (χ1v) is 7.73. The van der Waals surface area contributed by atoms with Gasteiger partial charge in [0.15, 0.2) is 0 Å². The normalized spacial score (nSPS) is 10.4. The van der Waals surface area contributed by atoms with Crippen molar-refractivity contribution in [3.05, 3.63) is 77.5 Å². The number of aromatic nitrogens is 1. The van der Waals surface area contributed by atoms with E-state index in [0.29, 0.717) is 5.56 Å². The van der Waals surface area contributed by atoms with Crippen molar-refractivity contribution in [3.63, 3.8) is 0 Å². The lowest BCUT2D eigenvalue weighted by molar-refractivity contribution is 0.0844. The lowest BCUT2D eigenvalue weighted by atomic mass is 10.1. The fourth-order valence-corrected chi connectivity index (χ4v) is 2.33. The first-order valence-electron chi connectivity index (χ1n) is 7.73. The van der Waals surface area contributed by atoms with E-state index >= 15 is 0 Å². The van der Waals surface area contributed by atoms with E-state index in [4.69, 9.17) is 0 Å². The fraction of sp³-hybridized carbons (Fsp3) is 0.105. The molecule has 2 amide bonds. The van der Waals surface area contributed by atoms with E-state index in [2.05, 4.69) is 15.8 Å². The molecule has 24 heavy (non-hydrogen) atoms. The van der Waals surface area contributed by atoms with Crippen LogP contribution in [0.5, 0.6) is 0 Å². The predicted octanol–water partition coefficient (Wildman–Crippen LogP) is 2.87. The maximum Gasteiger partial charge on any atom is 0.288 e. The Bertz CT molecular complexity index is 889. The van der Waals surface area contributed by atoms with E-state index in [1.54, 1.807) is 18.2 Å². The number of rotatable bonds is 3. The summed E-state index contributed by atoms with van der Waals surface area (Å²) in [5, 5.41) is 0.953. The van der Waals surface area contributed by atoms with Gasteiger partial charge < -0.3 is 0 Å². The number of nitrogens with zero attached hydrogens (tertiary/aromatic N) is 1. The molecule has 0 aliphatic rings. The number of fused-ring (bicyclic) bond motifs is 1. The van der Waals surface area contributed by atoms with Gasteiger partial charge in [-0.05, 0) is 36.2 Å². The van der Waals surface area contributed by atoms with Crippen LogP contribution in [0, 0.1) is 0 Å². The molecular weight excluding hydrogens is 302 g/mol. The molecule has 0 spiro atoms. The number of amides is 2. The van der Waals surface area contributed by atoms with Crippen LogP contribution in [0.1, 0.15) is 33.3 Å². The van der Waals surface area contributed by atoms with Crippen molar-refractivity contribution >= 4 is 22.7 Å². The maximum atomic E-state index is 12.1. The first kappa shape index (κ1) is 15.7. The van der Waals surface area contributed by atoms with Crippen LogP contribution < -0.4 is 10.9 Å². The Morgan fingerprint density at radius 1 is 0.875 bits per heavy atom. The highest BCUT2D eigenvalue weighted by molar-refractivity contribution is 5.99. The molecule has 0 bridgehead atoms. The van der Waals surface area contributed by atoms with Gasteiger partial charge in [0.05, 0.1) is 5.52 Å². The smallest absolute Gasteiger partial charge is 0.267 e. The molecule has 2 aromatic carbocycles. The van der Waals surface area contributed by atoms with E-state index in [1.807, 2.05) is 49.4 Å². The summed E-state index contributed by atoms with van der Waals surface area (Å²) in [6.07, 6.45) is 0.909. The van der Waals surface area contributed by atoms with Crippen molar-refractivity contribution in [2.75, 3.05) is 0 Å². The van der Waals surface area contributed by atoms with E-state index in [-0.39, 0.29) is 11.6 Å². The highest BCUT2D eigenvalue weighted by Gasteiger charge is 2.10. The van der Waals surface area contributed by atoms with Gasteiger partial charge in [-0.15, -0.1) is 0 Å². The van der Waals surface area contributed by atoms with Crippen molar-refractivity contribution < 1.29 is 9.59 Å². The average molecular weight is 319 g/mol. The minimum atomic E-state index is -0.459. The summed E-state index contributed by atoms with van der Waals surface area (Å²) in [6, 6.07) is 18.2. The molecule has 3 aromatic rings. The maximum absolute atomic E-state index is 12.1. The number of benzene rings is 2. The molecule has 0 atom stereocenters. The standard InChI is InChI=1S/C19H17N3O2/c1-2-13-7-9-15(10-8-13)18(23)21-22-19(24)17-12-11-14-5-3-4-6-16(14)20-17/h3-12H,2H2,1H3,(H,21,23)(H,22,24). The van der Waals surface area contributed by atoms with Crippen molar-refractivity contribution in [2.24, 2.45) is 0 Å². The highest BCUT2D eigenvalue weighted by atomic mass is 16.2. The van der Waals surface area contributed by atoms with Gasteiger partial charge in [-0.3, -0.25) is 20.4 Å². The third-order valence-corrected chi connectivity index (χ3v) is 3.74. The largest absolute Gasteiger partial charge is 0.288 e. The Morgan fingerprint density at radius 2 is 1.58 bits per heavy atom. The zero-order valence-corrected chi connectivity index (χ0v) is 13.2. The Labute approximate surface area is 139 Å². The van der Waals surface area contributed by atoms with Crippen molar-refractivity contribution in [3.8, 4) is 0 Å². The zero-order chi connectivity index (χ0) is 16.9. The van der Waals surface area contributed by atoms with Gasteiger partial charge in [-0.2, -0.15) is 0 Å². The zero-order valence-electron chi connectivity index (χ0n) is 13.2. The van der Waals surface area contributed by atoms with Crippen LogP contribution in [-0.2, 0) is 6.42 Å². The molecule has 1 aromatic heterocycles. The monoisotopic (exact) mass is 319 g/mol. The number of para-hydroxylation sites is 1. The number of hydrazine groups is 1. The van der Waals surface area contributed by atoms with E-state index in [0.717, 1.165) is 22.9 Å². The minimum absolute atomic E-state index is 0.246. The van der Waals surface area contributed by atoms with Gasteiger partial charge in [0, 0.05) is 10.9 Å². The van der Waals surface area contributed by atoms with Crippen molar-refractivity contribution in [1.29, 1.82) is 0 Å². The number of carbonyl (C=O) groups is 2. The van der Waals surface area contributed by atoms with E-state index in [9.17, 15) is 9.59 Å². The topological polar surface area (TPSA) is 71.1 Å². The molecule has 0 saturated carbocycles. The lowest BCUT2D eigenvalue weighted by Gasteiger charge is -2.08. The Balaban J connectivity index is 1.66. The molecule has 0 saturated heterocycles. The quantitative estimate of drug-likeness (QED) is 0.729. The van der Waals surface area contributed by atoms with Crippen LogP contribution in [0.25, 0.3) is 10.9 Å². The lowest BCUT2D eigenvalue weighted by Crippen LogP contribution is -2.41. The molecule has 5 heteroatoms. The molecule has 3 rings (SSSR count). The van der Waals surface area contributed by atoms with Crippen LogP contribution in [0.3, 0.4) is 0 Å². The predicted molar refractivity (Wildman–Crippen MR) is 92.5 cm³/mol. The molecule has 5 nitrogen and oxygen atoms in total. The Morgan fingerprint density at radius 3 is 2.33 bits per heavy atom. The first-order chi connectivity index (χ1) is 11.7. The molecule has 0 aliphatic heterocycles. The second-order valence-electron chi connectivity index (χ2n) is 5.35. The second-order valence-corrected chi connectivity index (χ2v) is 5.35. The molecule has 0 fully saturated rings. The van der Waals surface area contributed by atoms with Crippen molar-refractivity contribution in [1.82, 2.24) is 15.8 Å². The third-order valence-electron chi connectivity index (χ3n) is 3.74. The average Bonchev–Trinajstić information content (AvgIpc) is 2.65. The third kappa shape index (κ3) is 3.41. The van der Waals surface area contributed by atoms with Crippen LogP contribution >= 0.6 is 0 Å². The van der Waals surface area contributed by atoms with Gasteiger partial charge in [0.2, 0.25) is 0 Å². The number of hydrogen-bond donors (Lipinski definition) is 2. The number of aryl methyl sites for hydroxylation is 1. The van der Waals surface area contributed by atoms with Gasteiger partial charge >= 0.3 is 0 Å². The number of nitrogens with one attached hydrogen (secondary N) is 2. The molecule has 2 N–H and O–H groups in total. The molecule has 120 valence electrons. The van der Waals surface area contributed by atoms with Crippen LogP contribution in [0.15, 0.2) is 60.7 Å². The SMILES string of the molecule is CCc1ccc(C(=O)NNC(=O)c2ccc3ccccc3n2)cc1. The number of hydrogen-bond acceptors (Lipinski definition) is 3. The Kier molecular flexibility index (Phi) is 4.52. The van der Waals surface area contributed by atoms with Crippen LogP contribution in [-0.4, -0.2) is 16.8 Å². The fourth-order valence-electron chi connectivity index (χ4n) is 2.33. The summed E-state index contributed by atoms with van der Waals surface area (Å²) in [5.74, 6) is -0.828. The minimum Gasteiger partial charge on any atom is -0.267 e. The summed E-state index contributed by atoms with van der Waals surface area (Å²) in [7, 11) is 0. The number of carbonyl (C=O) groups excluding carboxylic acids is 2. The van der Waals surface area contributed by atoms with Gasteiger partial charge in [0.25, 0.3) is 11.8 Å². The van der Waals surface area contributed by atoms with Crippen LogP contribution in [0.4, 0.5) is 0 Å². The summed E-state index contributed by atoms with van der Waals surface area (Å²) in [4.78, 5) is 28.5. The molecule has 0 unspecified atom stereocenters. The van der Waals surface area contributed by atoms with E-state index < -0.39 is 5.91 Å². The molecular formula is C19H17N3O2. The van der Waals surface area contributed by atoms with E-state index in [1.165, 1.54) is 0 Å². The van der Waals surface area contributed by atoms with Crippen LogP contribution in [0.2, 0.25) is 0 Å². The molecule has 0 aliphatic carbocycles. The van der Waals surface area contributed by atoms with Crippen molar-refractivity contribution in [2.45, 2.75) is 13.3 Å². The second kappa shape index (κ2) is 6.91. The summed E-state index contributed by atoms with van der Waals surface area (Å²) >= 11 is 0. The van der Waals surface area contributed by atoms with Gasteiger partial charge in [0.1, 0.15) is 5.69 Å². The Hall–Kier alpha value is -3.21. The van der Waals surface area contributed by atoms with Gasteiger partial charge in [-0.25, -0.2) is 4.98 Å². The summed E-state index contributed by atoms with van der Waals surface area (Å²) < 4.78 is 0. The summed E-state index contributed by atoms with van der Waals surface area (Å²) in [5.41, 5.74) is 7.40. The number of pyridine rings is 1. The molecule has 0 radical (unpaired) electrons. The molecule has 1 heterocycles. The highest BCUT2D eigenvalue weighted by Crippen LogP contribution is 2.11. The van der Waals surface area contributed by atoms with Gasteiger partial charge in [-0.1, -0.05) is 43.3 Å².